The van der Waals surface area contributed by atoms with Crippen molar-refractivity contribution in [2.45, 2.75) is 17.9 Å². The molecule has 0 bridgehead atoms. The van der Waals surface area contributed by atoms with Crippen LogP contribution in [-0.2, 0) is 6.54 Å². The third-order valence-electron chi connectivity index (χ3n) is 1.96. The quantitative estimate of drug-likeness (QED) is 0.624. The molecule has 0 aliphatic heterocycles. The van der Waals surface area contributed by atoms with Gasteiger partial charge in [0.05, 0.1) is 0 Å². The monoisotopic (exact) mass is 289 g/mol. The van der Waals surface area contributed by atoms with Crippen LogP contribution in [-0.4, -0.2) is 24.5 Å². The molecule has 0 heterocycles. The van der Waals surface area contributed by atoms with Crippen LogP contribution in [0.3, 0.4) is 0 Å². The number of halogens is 1. The van der Waals surface area contributed by atoms with Gasteiger partial charge >= 0.3 is 0 Å². The lowest BCUT2D eigenvalue weighted by molar-refractivity contribution is 0.296. The van der Waals surface area contributed by atoms with Gasteiger partial charge in [-0.2, -0.15) is 0 Å². The fraction of sp³-hybridized carbons (Fsp3) is 0.455. The number of aliphatic hydroxyl groups excluding tert-OH is 1. The molecule has 1 aromatic carbocycles. The highest BCUT2D eigenvalue weighted by atomic mass is 79.9. The standard InChI is InChI=1S/C11H16BrNOS/c1-13-8-9-3-4-10(7-11(9)12)15-6-2-5-14/h3-4,7,13-14H,2,5-6,8H2,1H3. The first-order valence-corrected chi connectivity index (χ1v) is 6.72. The van der Waals surface area contributed by atoms with Crippen LogP contribution >= 0.6 is 27.7 Å². The van der Waals surface area contributed by atoms with Crippen LogP contribution in [0.2, 0.25) is 0 Å². The van der Waals surface area contributed by atoms with Crippen molar-refractivity contribution in [1.82, 2.24) is 5.32 Å². The van der Waals surface area contributed by atoms with Gasteiger partial charge in [-0.15, -0.1) is 11.8 Å². The van der Waals surface area contributed by atoms with Crippen molar-refractivity contribution in [3.8, 4) is 0 Å². The van der Waals surface area contributed by atoms with Gasteiger partial charge < -0.3 is 10.4 Å². The Morgan fingerprint density at radius 3 is 2.87 bits per heavy atom. The summed E-state index contributed by atoms with van der Waals surface area (Å²) in [6.45, 7) is 1.15. The molecule has 0 unspecified atom stereocenters. The van der Waals surface area contributed by atoms with Gasteiger partial charge in [0.15, 0.2) is 0 Å². The molecular formula is C11H16BrNOS. The number of hydrogen-bond donors (Lipinski definition) is 2. The Morgan fingerprint density at radius 1 is 1.47 bits per heavy atom. The maximum atomic E-state index is 8.68. The molecule has 2 nitrogen and oxygen atoms in total. The highest BCUT2D eigenvalue weighted by molar-refractivity contribution is 9.10. The van der Waals surface area contributed by atoms with E-state index in [2.05, 4.69) is 39.4 Å². The zero-order chi connectivity index (χ0) is 11.1. The predicted molar refractivity (Wildman–Crippen MR) is 69.3 cm³/mol. The summed E-state index contributed by atoms with van der Waals surface area (Å²) in [7, 11) is 1.94. The summed E-state index contributed by atoms with van der Waals surface area (Å²) in [4.78, 5) is 1.25. The molecule has 0 saturated carbocycles. The van der Waals surface area contributed by atoms with Crippen molar-refractivity contribution in [3.63, 3.8) is 0 Å². The van der Waals surface area contributed by atoms with E-state index in [4.69, 9.17) is 5.11 Å². The summed E-state index contributed by atoms with van der Waals surface area (Å²) in [5.41, 5.74) is 1.27. The second-order valence-corrected chi connectivity index (χ2v) is 5.23. The van der Waals surface area contributed by atoms with Gasteiger partial charge in [0, 0.05) is 28.3 Å². The van der Waals surface area contributed by atoms with E-state index in [-0.39, 0.29) is 6.61 Å². The number of aliphatic hydroxyl groups is 1. The second-order valence-electron chi connectivity index (χ2n) is 3.21. The topological polar surface area (TPSA) is 32.3 Å². The Balaban J connectivity index is 2.56. The smallest absolute Gasteiger partial charge is 0.0439 e. The van der Waals surface area contributed by atoms with Crippen LogP contribution in [0.4, 0.5) is 0 Å². The van der Waals surface area contributed by atoms with Gasteiger partial charge in [-0.3, -0.25) is 0 Å². The highest BCUT2D eigenvalue weighted by Crippen LogP contribution is 2.25. The van der Waals surface area contributed by atoms with E-state index < -0.39 is 0 Å². The molecule has 0 saturated heterocycles. The SMILES string of the molecule is CNCc1ccc(SCCCO)cc1Br. The molecule has 15 heavy (non-hydrogen) atoms. The third-order valence-corrected chi connectivity index (χ3v) is 3.78. The lowest BCUT2D eigenvalue weighted by Crippen LogP contribution is -2.05. The summed E-state index contributed by atoms with van der Waals surface area (Å²) in [5, 5.41) is 11.8. The molecule has 0 spiro atoms. The second kappa shape index (κ2) is 7.28. The van der Waals surface area contributed by atoms with Gasteiger partial charge in [0.1, 0.15) is 0 Å². The molecule has 1 aromatic rings. The molecule has 1 rings (SSSR count). The zero-order valence-corrected chi connectivity index (χ0v) is 11.2. The van der Waals surface area contributed by atoms with Gasteiger partial charge in [0.2, 0.25) is 0 Å². The molecule has 84 valence electrons. The molecule has 4 heteroatoms. The summed E-state index contributed by atoms with van der Waals surface area (Å²) in [5.74, 6) is 0.967. The van der Waals surface area contributed by atoms with Crippen molar-refractivity contribution < 1.29 is 5.11 Å². The van der Waals surface area contributed by atoms with Crippen LogP contribution in [0, 0.1) is 0 Å². The Hall–Kier alpha value is -0.0300. The number of nitrogens with one attached hydrogen (secondary N) is 1. The minimum atomic E-state index is 0.270. The lowest BCUT2D eigenvalue weighted by Gasteiger charge is -2.06. The normalized spacial score (nSPS) is 10.6. The summed E-state index contributed by atoms with van der Waals surface area (Å²) >= 11 is 5.33. The molecule has 0 aliphatic rings. The van der Waals surface area contributed by atoms with E-state index >= 15 is 0 Å². The van der Waals surface area contributed by atoms with Crippen LogP contribution in [0.15, 0.2) is 27.6 Å². The Morgan fingerprint density at radius 2 is 2.27 bits per heavy atom. The molecule has 0 radical (unpaired) electrons. The lowest BCUT2D eigenvalue weighted by atomic mass is 10.2. The number of benzene rings is 1. The van der Waals surface area contributed by atoms with E-state index in [0.29, 0.717) is 0 Å². The predicted octanol–water partition coefficient (Wildman–Crippen LogP) is 2.64. The van der Waals surface area contributed by atoms with E-state index in [1.807, 2.05) is 7.05 Å². The first-order valence-electron chi connectivity index (χ1n) is 4.94. The van der Waals surface area contributed by atoms with Crippen molar-refractivity contribution >= 4 is 27.7 Å². The van der Waals surface area contributed by atoms with Crippen molar-refractivity contribution in [2.24, 2.45) is 0 Å². The zero-order valence-electron chi connectivity index (χ0n) is 8.79. The van der Waals surface area contributed by atoms with Crippen LogP contribution in [0.5, 0.6) is 0 Å². The average molecular weight is 290 g/mol. The van der Waals surface area contributed by atoms with Crippen molar-refractivity contribution in [1.29, 1.82) is 0 Å². The summed E-state index contributed by atoms with van der Waals surface area (Å²) in [6, 6.07) is 6.38. The maximum absolute atomic E-state index is 8.68. The summed E-state index contributed by atoms with van der Waals surface area (Å²) < 4.78 is 1.14. The minimum absolute atomic E-state index is 0.270. The molecule has 0 fully saturated rings. The van der Waals surface area contributed by atoms with E-state index in [1.54, 1.807) is 11.8 Å². The van der Waals surface area contributed by atoms with Crippen molar-refractivity contribution in [3.05, 3.63) is 28.2 Å². The average Bonchev–Trinajstić information content (AvgIpc) is 2.23. The van der Waals surface area contributed by atoms with E-state index in [9.17, 15) is 0 Å². The molecule has 0 amide bonds. The first-order chi connectivity index (χ1) is 7.27. The van der Waals surface area contributed by atoms with Crippen molar-refractivity contribution in [2.75, 3.05) is 19.4 Å². The van der Waals surface area contributed by atoms with Crippen LogP contribution < -0.4 is 5.32 Å². The maximum Gasteiger partial charge on any atom is 0.0439 e. The van der Waals surface area contributed by atoms with E-state index in [1.165, 1.54) is 10.5 Å². The minimum Gasteiger partial charge on any atom is -0.396 e. The van der Waals surface area contributed by atoms with E-state index in [0.717, 1.165) is 23.2 Å². The first kappa shape index (κ1) is 13.0. The highest BCUT2D eigenvalue weighted by Gasteiger charge is 2.01. The van der Waals surface area contributed by atoms with Crippen LogP contribution in [0.1, 0.15) is 12.0 Å². The number of rotatable bonds is 6. The van der Waals surface area contributed by atoms with Crippen LogP contribution in [0.25, 0.3) is 0 Å². The molecular weight excluding hydrogens is 274 g/mol. The summed E-state index contributed by atoms with van der Waals surface area (Å²) in [6.07, 6.45) is 0.848. The van der Waals surface area contributed by atoms with Gasteiger partial charge in [0.25, 0.3) is 0 Å². The largest absolute Gasteiger partial charge is 0.396 e. The van der Waals surface area contributed by atoms with Gasteiger partial charge in [-0.05, 0) is 31.2 Å². The fourth-order valence-electron chi connectivity index (χ4n) is 1.21. The molecule has 2 N–H and O–H groups in total. The Kier molecular flexibility index (Phi) is 6.32. The van der Waals surface area contributed by atoms with Gasteiger partial charge in [-0.1, -0.05) is 22.0 Å². The number of hydrogen-bond acceptors (Lipinski definition) is 3. The van der Waals surface area contributed by atoms with Gasteiger partial charge in [-0.25, -0.2) is 0 Å². The number of thioether (sulfide) groups is 1. The Labute approximate surface area is 104 Å². The Bertz CT molecular complexity index is 307. The molecule has 0 atom stereocenters. The molecule has 0 aromatic heterocycles. The fourth-order valence-corrected chi connectivity index (χ4v) is 2.75. The third kappa shape index (κ3) is 4.55. The molecule has 0 aliphatic carbocycles.